The lowest BCUT2D eigenvalue weighted by molar-refractivity contribution is 1.31. The molecule has 0 unspecified atom stereocenters. The van der Waals surface area contributed by atoms with Crippen LogP contribution >= 0.6 is 0 Å². The van der Waals surface area contributed by atoms with Crippen molar-refractivity contribution in [2.75, 3.05) is 11.1 Å². The van der Waals surface area contributed by atoms with E-state index >= 15 is 0 Å². The first-order valence-electron chi connectivity index (χ1n) is 6.45. The number of pyridine rings is 1. The molecule has 2 aromatic carbocycles. The molecule has 1 aromatic heterocycles. The zero-order valence-electron chi connectivity index (χ0n) is 11.0. The van der Waals surface area contributed by atoms with Crippen LogP contribution in [0.25, 0.3) is 11.1 Å². The highest BCUT2D eigenvalue weighted by Crippen LogP contribution is 2.22. The maximum atomic E-state index is 5.73. The Morgan fingerprint density at radius 2 is 1.50 bits per heavy atom. The van der Waals surface area contributed by atoms with E-state index in [1.165, 1.54) is 11.1 Å². The first-order chi connectivity index (χ1) is 9.81. The maximum Gasteiger partial charge on any atom is 0.132 e. The fraction of sp³-hybridized carbons (Fsp3) is 0. The molecule has 0 spiro atoms. The molecule has 0 fully saturated rings. The van der Waals surface area contributed by atoms with Crippen molar-refractivity contribution >= 4 is 17.2 Å². The molecule has 3 N–H and O–H groups in total. The van der Waals surface area contributed by atoms with Gasteiger partial charge in [0.2, 0.25) is 0 Å². The minimum atomic E-state index is 0.698. The number of hydrogen-bond donors (Lipinski definition) is 2. The molecular weight excluding hydrogens is 246 g/mol. The molecule has 0 saturated carbocycles. The van der Waals surface area contributed by atoms with E-state index in [1.807, 2.05) is 36.4 Å². The number of hydrogen-bond acceptors (Lipinski definition) is 3. The third-order valence-electron chi connectivity index (χ3n) is 3.05. The van der Waals surface area contributed by atoms with Gasteiger partial charge in [0.05, 0.1) is 0 Å². The lowest BCUT2D eigenvalue weighted by Gasteiger charge is -2.07. The fourth-order valence-corrected chi connectivity index (χ4v) is 2.04. The standard InChI is InChI=1S/C17H15N3/c18-15-10-11-19-17(12-15)20-16-8-6-14(7-9-16)13-4-2-1-3-5-13/h1-12H,(H3,18,19,20). The van der Waals surface area contributed by atoms with Crippen molar-refractivity contribution in [2.24, 2.45) is 0 Å². The fourth-order valence-electron chi connectivity index (χ4n) is 2.04. The second-order valence-electron chi connectivity index (χ2n) is 4.54. The molecule has 0 aliphatic rings. The zero-order chi connectivity index (χ0) is 13.8. The lowest BCUT2D eigenvalue weighted by atomic mass is 10.1. The van der Waals surface area contributed by atoms with Crippen molar-refractivity contribution in [1.29, 1.82) is 0 Å². The Balaban J connectivity index is 1.80. The van der Waals surface area contributed by atoms with Gasteiger partial charge in [-0.05, 0) is 29.3 Å². The van der Waals surface area contributed by atoms with Crippen molar-refractivity contribution in [3.05, 3.63) is 72.9 Å². The third-order valence-corrected chi connectivity index (χ3v) is 3.05. The summed E-state index contributed by atoms with van der Waals surface area (Å²) >= 11 is 0. The molecular formula is C17H15N3. The van der Waals surface area contributed by atoms with Gasteiger partial charge in [0.1, 0.15) is 5.82 Å². The van der Waals surface area contributed by atoms with E-state index in [-0.39, 0.29) is 0 Å². The monoisotopic (exact) mass is 261 g/mol. The Bertz CT molecular complexity index is 691. The van der Waals surface area contributed by atoms with Crippen LogP contribution in [0.15, 0.2) is 72.9 Å². The normalized spacial score (nSPS) is 10.2. The van der Waals surface area contributed by atoms with Gasteiger partial charge in [-0.3, -0.25) is 0 Å². The summed E-state index contributed by atoms with van der Waals surface area (Å²) in [7, 11) is 0. The molecule has 3 heteroatoms. The Morgan fingerprint density at radius 1 is 0.800 bits per heavy atom. The largest absolute Gasteiger partial charge is 0.399 e. The maximum absolute atomic E-state index is 5.73. The van der Waals surface area contributed by atoms with Crippen LogP contribution in [-0.2, 0) is 0 Å². The molecule has 0 aliphatic heterocycles. The second kappa shape index (κ2) is 5.45. The van der Waals surface area contributed by atoms with Gasteiger partial charge in [-0.2, -0.15) is 0 Å². The van der Waals surface area contributed by atoms with Crippen molar-refractivity contribution in [3.8, 4) is 11.1 Å². The predicted molar refractivity (Wildman–Crippen MR) is 83.8 cm³/mol. The van der Waals surface area contributed by atoms with Gasteiger partial charge in [-0.25, -0.2) is 4.98 Å². The van der Waals surface area contributed by atoms with Crippen molar-refractivity contribution < 1.29 is 0 Å². The van der Waals surface area contributed by atoms with Gasteiger partial charge in [0.15, 0.2) is 0 Å². The minimum Gasteiger partial charge on any atom is -0.399 e. The number of benzene rings is 2. The first-order valence-corrected chi connectivity index (χ1v) is 6.45. The Morgan fingerprint density at radius 3 is 2.20 bits per heavy atom. The number of nitrogens with two attached hydrogens (primary N) is 1. The molecule has 1 heterocycles. The van der Waals surface area contributed by atoms with Crippen LogP contribution in [0.4, 0.5) is 17.2 Å². The summed E-state index contributed by atoms with van der Waals surface area (Å²) in [5.41, 5.74) is 9.82. The molecule has 0 radical (unpaired) electrons. The van der Waals surface area contributed by atoms with Crippen LogP contribution in [0.3, 0.4) is 0 Å². The number of rotatable bonds is 3. The van der Waals surface area contributed by atoms with Crippen LogP contribution in [0.5, 0.6) is 0 Å². The van der Waals surface area contributed by atoms with Crippen LogP contribution in [0.2, 0.25) is 0 Å². The van der Waals surface area contributed by atoms with Crippen molar-refractivity contribution in [1.82, 2.24) is 4.98 Å². The average Bonchev–Trinajstić information content (AvgIpc) is 2.49. The predicted octanol–water partition coefficient (Wildman–Crippen LogP) is 4.07. The van der Waals surface area contributed by atoms with E-state index in [0.717, 1.165) is 11.5 Å². The number of nitrogens with one attached hydrogen (secondary N) is 1. The molecule has 0 amide bonds. The Kier molecular flexibility index (Phi) is 3.33. The Hall–Kier alpha value is -2.81. The van der Waals surface area contributed by atoms with Gasteiger partial charge in [-0.1, -0.05) is 42.5 Å². The molecule has 3 aromatic rings. The Labute approximate surface area is 118 Å². The van der Waals surface area contributed by atoms with Gasteiger partial charge in [0, 0.05) is 23.6 Å². The van der Waals surface area contributed by atoms with Crippen LogP contribution in [0.1, 0.15) is 0 Å². The number of nitrogens with zero attached hydrogens (tertiary/aromatic N) is 1. The first kappa shape index (κ1) is 12.2. The highest BCUT2D eigenvalue weighted by molar-refractivity contribution is 5.68. The molecule has 3 nitrogen and oxygen atoms in total. The molecule has 0 saturated heterocycles. The smallest absolute Gasteiger partial charge is 0.132 e. The zero-order valence-corrected chi connectivity index (χ0v) is 11.0. The molecule has 0 aliphatic carbocycles. The molecule has 0 atom stereocenters. The summed E-state index contributed by atoms with van der Waals surface area (Å²) in [6.07, 6.45) is 1.69. The average molecular weight is 261 g/mol. The third kappa shape index (κ3) is 2.78. The summed E-state index contributed by atoms with van der Waals surface area (Å²) in [6.45, 7) is 0. The summed E-state index contributed by atoms with van der Waals surface area (Å²) in [6, 6.07) is 22.1. The van der Waals surface area contributed by atoms with Gasteiger partial charge in [0.25, 0.3) is 0 Å². The number of aromatic nitrogens is 1. The SMILES string of the molecule is Nc1ccnc(Nc2ccc(-c3ccccc3)cc2)c1. The quantitative estimate of drug-likeness (QED) is 0.747. The van der Waals surface area contributed by atoms with E-state index in [9.17, 15) is 0 Å². The molecule has 20 heavy (non-hydrogen) atoms. The summed E-state index contributed by atoms with van der Waals surface area (Å²) in [4.78, 5) is 4.22. The molecule has 0 bridgehead atoms. The highest BCUT2D eigenvalue weighted by atomic mass is 15.0. The van der Waals surface area contributed by atoms with Crippen LogP contribution in [-0.4, -0.2) is 4.98 Å². The summed E-state index contributed by atoms with van der Waals surface area (Å²) in [5, 5.41) is 3.23. The van der Waals surface area contributed by atoms with E-state index in [1.54, 1.807) is 12.3 Å². The molecule has 3 rings (SSSR count). The number of anilines is 3. The van der Waals surface area contributed by atoms with E-state index in [0.29, 0.717) is 5.69 Å². The summed E-state index contributed by atoms with van der Waals surface area (Å²) < 4.78 is 0. The van der Waals surface area contributed by atoms with Gasteiger partial charge >= 0.3 is 0 Å². The minimum absolute atomic E-state index is 0.698. The van der Waals surface area contributed by atoms with Crippen molar-refractivity contribution in [3.63, 3.8) is 0 Å². The van der Waals surface area contributed by atoms with Crippen molar-refractivity contribution in [2.45, 2.75) is 0 Å². The van der Waals surface area contributed by atoms with E-state index in [2.05, 4.69) is 34.6 Å². The van der Waals surface area contributed by atoms with Gasteiger partial charge < -0.3 is 11.1 Å². The topological polar surface area (TPSA) is 50.9 Å². The van der Waals surface area contributed by atoms with Crippen LogP contribution < -0.4 is 11.1 Å². The highest BCUT2D eigenvalue weighted by Gasteiger charge is 1.99. The summed E-state index contributed by atoms with van der Waals surface area (Å²) in [5.74, 6) is 0.748. The molecule has 98 valence electrons. The number of nitrogen functional groups attached to an aromatic ring is 1. The lowest BCUT2D eigenvalue weighted by Crippen LogP contribution is -1.94. The van der Waals surface area contributed by atoms with E-state index < -0.39 is 0 Å². The van der Waals surface area contributed by atoms with Gasteiger partial charge in [-0.15, -0.1) is 0 Å². The van der Waals surface area contributed by atoms with Crippen LogP contribution in [0, 0.1) is 0 Å². The van der Waals surface area contributed by atoms with E-state index in [4.69, 9.17) is 5.73 Å². The second-order valence-corrected chi connectivity index (χ2v) is 4.54.